The second-order valence-electron chi connectivity index (χ2n) is 3.30. The van der Waals surface area contributed by atoms with E-state index in [0.29, 0.717) is 18.8 Å². The van der Waals surface area contributed by atoms with E-state index in [9.17, 15) is 4.91 Å². The first-order valence-corrected chi connectivity index (χ1v) is 5.17. The molecule has 1 aromatic rings. The van der Waals surface area contributed by atoms with Crippen molar-refractivity contribution in [3.8, 4) is 0 Å². The molecule has 3 N–H and O–H groups in total. The van der Waals surface area contributed by atoms with Crippen LogP contribution in [0.5, 0.6) is 0 Å². The van der Waals surface area contributed by atoms with Crippen LogP contribution in [-0.4, -0.2) is 31.3 Å². The van der Waals surface area contributed by atoms with Crippen LogP contribution < -0.4 is 10.7 Å². The monoisotopic (exact) mass is 237 g/mol. The van der Waals surface area contributed by atoms with Gasteiger partial charge in [-0.2, -0.15) is 4.91 Å². The first-order chi connectivity index (χ1) is 8.31. The summed E-state index contributed by atoms with van der Waals surface area (Å²) in [4.78, 5) is 12.0. The lowest BCUT2D eigenvalue weighted by molar-refractivity contribution is 0.302. The normalized spacial score (nSPS) is 10.6. The summed E-state index contributed by atoms with van der Waals surface area (Å²) < 4.78 is 0. The van der Waals surface area contributed by atoms with E-state index in [0.717, 1.165) is 5.69 Å². The molecule has 0 heterocycles. The Morgan fingerprint density at radius 3 is 2.47 bits per heavy atom. The molecule has 92 valence electrons. The van der Waals surface area contributed by atoms with E-state index < -0.39 is 0 Å². The molecule has 0 unspecified atom stereocenters. The van der Waals surface area contributed by atoms with Gasteiger partial charge in [0.25, 0.3) is 0 Å². The standard InChI is InChI=1S/C10H15N5O2/c11-14-13-9-1-3-10(4-2-9)15(7-8-16)6-5-12-17/h1-4,16H,5-8H2,(H2,11,13). The minimum absolute atomic E-state index is 0.0170. The van der Waals surface area contributed by atoms with Crippen LogP contribution in [0.15, 0.2) is 39.8 Å². The van der Waals surface area contributed by atoms with E-state index >= 15 is 0 Å². The summed E-state index contributed by atoms with van der Waals surface area (Å²) in [5, 5.41) is 18.6. The number of hydrogen-bond donors (Lipinski definition) is 2. The second kappa shape index (κ2) is 7.29. The number of aliphatic hydroxyl groups is 1. The van der Waals surface area contributed by atoms with Crippen LogP contribution in [-0.2, 0) is 0 Å². The second-order valence-corrected chi connectivity index (χ2v) is 3.30. The molecule has 0 aromatic heterocycles. The van der Waals surface area contributed by atoms with Crippen molar-refractivity contribution in [2.45, 2.75) is 0 Å². The average molecular weight is 237 g/mol. The van der Waals surface area contributed by atoms with Crippen LogP contribution in [0.2, 0.25) is 0 Å². The van der Waals surface area contributed by atoms with E-state index in [2.05, 4.69) is 15.5 Å². The van der Waals surface area contributed by atoms with Crippen LogP contribution >= 0.6 is 0 Å². The van der Waals surface area contributed by atoms with Gasteiger partial charge in [0.15, 0.2) is 0 Å². The third-order valence-electron chi connectivity index (χ3n) is 2.22. The van der Waals surface area contributed by atoms with Crippen molar-refractivity contribution < 1.29 is 5.11 Å². The van der Waals surface area contributed by atoms with Crippen LogP contribution in [0.1, 0.15) is 0 Å². The molecule has 0 bridgehead atoms. The third-order valence-corrected chi connectivity index (χ3v) is 2.22. The maximum atomic E-state index is 10.1. The van der Waals surface area contributed by atoms with E-state index in [1.54, 1.807) is 12.1 Å². The van der Waals surface area contributed by atoms with Crippen LogP contribution in [0.4, 0.5) is 11.4 Å². The molecule has 7 heteroatoms. The molecule has 1 rings (SSSR count). The van der Waals surface area contributed by atoms with Crippen molar-refractivity contribution in [1.82, 2.24) is 0 Å². The lowest BCUT2D eigenvalue weighted by atomic mass is 10.2. The molecular formula is C10H15N5O2. The number of benzene rings is 1. The van der Waals surface area contributed by atoms with Crippen molar-refractivity contribution >= 4 is 11.4 Å². The molecule has 17 heavy (non-hydrogen) atoms. The molecule has 0 fully saturated rings. The fraction of sp³-hybridized carbons (Fsp3) is 0.400. The zero-order valence-electron chi connectivity index (χ0n) is 9.36. The van der Waals surface area contributed by atoms with Gasteiger partial charge in [0, 0.05) is 18.8 Å². The average Bonchev–Trinajstić information content (AvgIpc) is 2.36. The number of rotatable bonds is 7. The largest absolute Gasteiger partial charge is 0.395 e. The summed E-state index contributed by atoms with van der Waals surface area (Å²) in [6, 6.07) is 7.16. The first-order valence-electron chi connectivity index (χ1n) is 5.17. The molecule has 0 radical (unpaired) electrons. The highest BCUT2D eigenvalue weighted by atomic mass is 16.3. The van der Waals surface area contributed by atoms with Gasteiger partial charge in [-0.05, 0) is 24.3 Å². The van der Waals surface area contributed by atoms with E-state index in [4.69, 9.17) is 10.9 Å². The lowest BCUT2D eigenvalue weighted by Gasteiger charge is -2.22. The van der Waals surface area contributed by atoms with Crippen LogP contribution in [0.3, 0.4) is 0 Å². The number of nitroso groups, excluding NO2 is 1. The van der Waals surface area contributed by atoms with Gasteiger partial charge < -0.3 is 15.8 Å². The fourth-order valence-electron chi connectivity index (χ4n) is 1.45. The molecule has 7 nitrogen and oxygen atoms in total. The van der Waals surface area contributed by atoms with Crippen molar-refractivity contribution in [2.75, 3.05) is 31.1 Å². The smallest absolute Gasteiger partial charge is 0.0986 e. The van der Waals surface area contributed by atoms with Gasteiger partial charge >= 0.3 is 0 Å². The van der Waals surface area contributed by atoms with Crippen LogP contribution in [0, 0.1) is 4.91 Å². The van der Waals surface area contributed by atoms with Gasteiger partial charge in [-0.15, -0.1) is 5.11 Å². The molecule has 0 atom stereocenters. The topological polar surface area (TPSA) is 104 Å². The van der Waals surface area contributed by atoms with Gasteiger partial charge in [-0.1, -0.05) is 10.4 Å². The molecule has 0 spiro atoms. The van der Waals surface area contributed by atoms with Crippen molar-refractivity contribution in [2.24, 2.45) is 21.4 Å². The molecule has 0 aliphatic rings. The van der Waals surface area contributed by atoms with E-state index in [1.165, 1.54) is 0 Å². The SMILES string of the molecule is NN=Nc1ccc(N(CCO)CCN=O)cc1. The van der Waals surface area contributed by atoms with Gasteiger partial charge in [0.2, 0.25) is 0 Å². The highest BCUT2D eigenvalue weighted by Gasteiger charge is 2.05. The molecule has 0 saturated carbocycles. The van der Waals surface area contributed by atoms with Gasteiger partial charge in [-0.3, -0.25) is 0 Å². The maximum absolute atomic E-state index is 10.1. The molecule has 0 amide bonds. The zero-order chi connectivity index (χ0) is 12.5. The molecule has 0 aliphatic carbocycles. The fourth-order valence-corrected chi connectivity index (χ4v) is 1.45. The lowest BCUT2D eigenvalue weighted by Crippen LogP contribution is -2.29. The Hall–Kier alpha value is -2.02. The first kappa shape index (κ1) is 13.0. The Balaban J connectivity index is 2.75. The van der Waals surface area contributed by atoms with Gasteiger partial charge in [0.1, 0.15) is 0 Å². The Bertz CT molecular complexity index is 365. The molecule has 0 saturated heterocycles. The highest BCUT2D eigenvalue weighted by Crippen LogP contribution is 2.19. The van der Waals surface area contributed by atoms with Gasteiger partial charge in [-0.25, -0.2) is 0 Å². The summed E-state index contributed by atoms with van der Waals surface area (Å²) in [5.41, 5.74) is 1.53. The number of nitrogens with two attached hydrogens (primary N) is 1. The minimum atomic E-state index is 0.0170. The number of hydrogen-bond acceptors (Lipinski definition) is 6. The predicted octanol–water partition coefficient (Wildman–Crippen LogP) is 1.21. The van der Waals surface area contributed by atoms with Crippen molar-refractivity contribution in [1.29, 1.82) is 0 Å². The number of anilines is 1. The summed E-state index contributed by atoms with van der Waals surface area (Å²) >= 11 is 0. The number of nitrogens with zero attached hydrogens (tertiary/aromatic N) is 4. The number of aliphatic hydroxyl groups excluding tert-OH is 1. The summed E-state index contributed by atoms with van der Waals surface area (Å²) in [6.45, 7) is 1.13. The summed E-state index contributed by atoms with van der Waals surface area (Å²) in [6.07, 6.45) is 0. The summed E-state index contributed by atoms with van der Waals surface area (Å²) in [5.74, 6) is 4.94. The van der Waals surface area contributed by atoms with E-state index in [1.807, 2.05) is 17.0 Å². The van der Waals surface area contributed by atoms with Gasteiger partial charge in [0.05, 0.1) is 18.8 Å². The Morgan fingerprint density at radius 1 is 1.24 bits per heavy atom. The highest BCUT2D eigenvalue weighted by molar-refractivity contribution is 5.52. The third kappa shape index (κ3) is 4.15. The van der Waals surface area contributed by atoms with Crippen molar-refractivity contribution in [3.05, 3.63) is 29.2 Å². The van der Waals surface area contributed by atoms with Crippen molar-refractivity contribution in [3.63, 3.8) is 0 Å². The maximum Gasteiger partial charge on any atom is 0.0986 e. The Morgan fingerprint density at radius 2 is 1.94 bits per heavy atom. The van der Waals surface area contributed by atoms with Crippen LogP contribution in [0.25, 0.3) is 0 Å². The minimum Gasteiger partial charge on any atom is -0.395 e. The van der Waals surface area contributed by atoms with E-state index in [-0.39, 0.29) is 13.2 Å². The summed E-state index contributed by atoms with van der Waals surface area (Å²) in [7, 11) is 0. The molecular weight excluding hydrogens is 222 g/mol. The quantitative estimate of drug-likeness (QED) is 0.322. The molecule has 1 aromatic carbocycles. The molecule has 0 aliphatic heterocycles. The predicted molar refractivity (Wildman–Crippen MR) is 65.1 cm³/mol. The Kier molecular flexibility index (Phi) is 5.59. The zero-order valence-corrected chi connectivity index (χ0v) is 9.36. The Labute approximate surface area is 98.9 Å².